The zero-order valence-corrected chi connectivity index (χ0v) is 23.3. The molecule has 0 aromatic heterocycles. The topological polar surface area (TPSA) is 29.1 Å². The van der Waals surface area contributed by atoms with E-state index in [4.69, 9.17) is 0 Å². The monoisotopic (exact) mass is 588 g/mol. The van der Waals surface area contributed by atoms with Gasteiger partial charge in [-0.2, -0.15) is 26.3 Å². The number of hydrogen-bond acceptors (Lipinski definition) is 1. The van der Waals surface area contributed by atoms with Crippen molar-refractivity contribution >= 4 is 29.1 Å². The van der Waals surface area contributed by atoms with Gasteiger partial charge in [-0.3, -0.25) is 4.79 Å². The van der Waals surface area contributed by atoms with Crippen LogP contribution in [0.3, 0.4) is 0 Å². The maximum absolute atomic E-state index is 13.5. The highest BCUT2D eigenvalue weighted by atomic mass is 31.2. The van der Waals surface area contributed by atoms with E-state index in [2.05, 4.69) is 5.32 Å². The van der Waals surface area contributed by atoms with Crippen LogP contribution in [0.1, 0.15) is 35.3 Å². The normalized spacial score (nSPS) is 13.2. The third-order valence-corrected chi connectivity index (χ3v) is 11.5. The summed E-state index contributed by atoms with van der Waals surface area (Å²) in [5, 5.41) is 5.92. The fourth-order valence-electron chi connectivity index (χ4n) is 4.87. The van der Waals surface area contributed by atoms with Crippen molar-refractivity contribution in [3.05, 3.63) is 126 Å². The quantitative estimate of drug-likeness (QED) is 0.168. The Morgan fingerprint density at radius 1 is 0.659 bits per heavy atom. The zero-order valence-electron chi connectivity index (χ0n) is 22.4. The molecule has 0 bridgehead atoms. The van der Waals surface area contributed by atoms with Crippen molar-refractivity contribution in [3.63, 3.8) is 0 Å². The van der Waals surface area contributed by atoms with Crippen molar-refractivity contribution in [2.24, 2.45) is 5.92 Å². The Bertz CT molecular complexity index is 1330. The first kappa shape index (κ1) is 30.3. The Morgan fingerprint density at radius 2 is 1.02 bits per heavy atom. The van der Waals surface area contributed by atoms with Crippen molar-refractivity contribution in [1.29, 1.82) is 0 Å². The molecule has 2 nitrogen and oxygen atoms in total. The summed E-state index contributed by atoms with van der Waals surface area (Å²) >= 11 is 0. The highest BCUT2D eigenvalue weighted by Crippen LogP contribution is 2.56. The second-order valence-electron chi connectivity index (χ2n) is 10.1. The second kappa shape index (κ2) is 12.1. The van der Waals surface area contributed by atoms with Crippen molar-refractivity contribution in [2.45, 2.75) is 32.2 Å². The van der Waals surface area contributed by atoms with Crippen molar-refractivity contribution in [1.82, 2.24) is 5.32 Å². The van der Waals surface area contributed by atoms with Gasteiger partial charge in [-0.25, -0.2) is 0 Å². The number of nitrogens with one attached hydrogen (secondary N) is 1. The third-order valence-electron chi connectivity index (χ3n) is 7.03. The van der Waals surface area contributed by atoms with E-state index in [-0.39, 0.29) is 12.0 Å². The molecule has 9 heteroatoms. The predicted molar refractivity (Wildman–Crippen MR) is 153 cm³/mol. The van der Waals surface area contributed by atoms with Gasteiger partial charge in [-0.05, 0) is 60.5 Å². The van der Waals surface area contributed by atoms with E-state index in [0.29, 0.717) is 18.3 Å². The van der Waals surface area contributed by atoms with E-state index >= 15 is 0 Å². The summed E-state index contributed by atoms with van der Waals surface area (Å²) in [6.45, 7) is 3.74. The van der Waals surface area contributed by atoms with E-state index in [1.807, 2.05) is 105 Å². The van der Waals surface area contributed by atoms with Crippen LogP contribution in [0.2, 0.25) is 0 Å². The molecule has 0 fully saturated rings. The number of halogens is 6. The van der Waals surface area contributed by atoms with Crippen molar-refractivity contribution in [3.8, 4) is 0 Å². The van der Waals surface area contributed by atoms with Gasteiger partial charge in [0.15, 0.2) is 0 Å². The number of carbonyl (C=O) groups is 1. The first-order valence-electron chi connectivity index (χ1n) is 13.0. The Balaban J connectivity index is 1.82. The molecule has 1 amide bonds. The lowest BCUT2D eigenvalue weighted by Gasteiger charge is -2.33. The first-order valence-corrected chi connectivity index (χ1v) is 14.9. The lowest BCUT2D eigenvalue weighted by atomic mass is 10.0. The van der Waals surface area contributed by atoms with Crippen LogP contribution in [0.4, 0.5) is 26.3 Å². The number of hydrogen-bond donors (Lipinski definition) is 1. The minimum Gasteiger partial charge on any atom is -0.345 e. The predicted octanol–water partition coefficient (Wildman–Crippen LogP) is 7.47. The summed E-state index contributed by atoms with van der Waals surface area (Å²) in [7, 11) is -2.46. The van der Waals surface area contributed by atoms with Gasteiger partial charge >= 0.3 is 12.4 Å². The minimum absolute atomic E-state index is 0.0213. The van der Waals surface area contributed by atoms with Gasteiger partial charge in [0, 0.05) is 5.56 Å². The molecule has 214 valence electrons. The van der Waals surface area contributed by atoms with E-state index in [9.17, 15) is 31.1 Å². The zero-order chi connectivity index (χ0) is 29.8. The van der Waals surface area contributed by atoms with Gasteiger partial charge in [0.1, 0.15) is 23.2 Å². The Kier molecular flexibility index (Phi) is 8.93. The molecule has 0 spiro atoms. The number of alkyl halides is 6. The lowest BCUT2D eigenvalue weighted by Crippen LogP contribution is -2.46. The molecular weight excluding hydrogens is 559 g/mol. The van der Waals surface area contributed by atoms with E-state index in [1.165, 1.54) is 0 Å². The summed E-state index contributed by atoms with van der Waals surface area (Å²) in [5.74, 6) is -1.19. The Labute approximate surface area is 235 Å². The molecule has 0 radical (unpaired) electrons. The second-order valence-corrected chi connectivity index (χ2v) is 13.7. The maximum Gasteiger partial charge on any atom is 0.416 e. The average Bonchev–Trinajstić information content (AvgIpc) is 2.95. The molecule has 0 aliphatic heterocycles. The number of carbonyl (C=O) groups excluding carboxylic acids is 1. The summed E-state index contributed by atoms with van der Waals surface area (Å²) in [4.78, 5) is 13.4. The summed E-state index contributed by atoms with van der Waals surface area (Å²) in [6, 6.07) is 29.8. The van der Waals surface area contributed by atoms with Crippen LogP contribution in [0.25, 0.3) is 0 Å². The molecule has 1 atom stereocenters. The fourth-order valence-corrected chi connectivity index (χ4v) is 9.54. The van der Waals surface area contributed by atoms with Crippen LogP contribution in [0.5, 0.6) is 0 Å². The number of rotatable bonds is 8. The summed E-state index contributed by atoms with van der Waals surface area (Å²) in [5.41, 5.74) is -3.75. The molecule has 0 aliphatic rings. The molecule has 41 heavy (non-hydrogen) atoms. The highest BCUT2D eigenvalue weighted by molar-refractivity contribution is 7.95. The first-order chi connectivity index (χ1) is 19.3. The van der Waals surface area contributed by atoms with E-state index in [1.54, 1.807) is 0 Å². The van der Waals surface area contributed by atoms with Crippen molar-refractivity contribution in [2.75, 3.05) is 6.16 Å². The maximum atomic E-state index is 13.5. The van der Waals surface area contributed by atoms with Gasteiger partial charge in [0.2, 0.25) is 0 Å². The van der Waals surface area contributed by atoms with E-state index in [0.717, 1.165) is 15.9 Å². The Morgan fingerprint density at radius 3 is 1.34 bits per heavy atom. The average molecular weight is 589 g/mol. The van der Waals surface area contributed by atoms with Gasteiger partial charge in [-0.1, -0.05) is 68.4 Å². The molecule has 0 heterocycles. The molecule has 0 unspecified atom stereocenters. The van der Waals surface area contributed by atoms with Crippen LogP contribution in [-0.2, 0) is 12.4 Å². The molecule has 4 aromatic carbocycles. The van der Waals surface area contributed by atoms with Crippen LogP contribution >= 0.6 is 7.26 Å². The molecule has 4 rings (SSSR count). The third kappa shape index (κ3) is 6.82. The minimum atomic E-state index is -5.05. The van der Waals surface area contributed by atoms with Gasteiger partial charge < -0.3 is 5.32 Å². The lowest BCUT2D eigenvalue weighted by molar-refractivity contribution is -0.143. The molecule has 0 saturated heterocycles. The Hall–Kier alpha value is -3.64. The molecule has 1 N–H and O–H groups in total. The molecule has 4 aromatic rings. The van der Waals surface area contributed by atoms with Gasteiger partial charge in [-0.15, -0.1) is 0 Å². The SMILES string of the molecule is CC(C)[C@@H](C[P+](c1ccccc1)(c1ccccc1)c1ccccc1)NC(=O)c1cc(C(F)(F)F)cc(C(F)(F)F)c1. The van der Waals surface area contributed by atoms with Gasteiger partial charge in [0.25, 0.3) is 5.91 Å². The van der Waals surface area contributed by atoms with Gasteiger partial charge in [0.05, 0.1) is 23.3 Å². The summed E-state index contributed by atoms with van der Waals surface area (Å²) in [6.07, 6.45) is -9.70. The number of amides is 1. The van der Waals surface area contributed by atoms with Crippen molar-refractivity contribution < 1.29 is 31.1 Å². The van der Waals surface area contributed by atoms with E-state index < -0.39 is 48.3 Å². The van der Waals surface area contributed by atoms with Crippen LogP contribution in [0.15, 0.2) is 109 Å². The van der Waals surface area contributed by atoms with Crippen LogP contribution in [0, 0.1) is 5.92 Å². The fraction of sp³-hybridized carbons (Fsp3) is 0.219. The molecular formula is C32H29F6NOP+. The van der Waals surface area contributed by atoms with Crippen LogP contribution < -0.4 is 21.2 Å². The molecule has 0 aliphatic carbocycles. The number of benzene rings is 4. The highest BCUT2D eigenvalue weighted by Gasteiger charge is 2.48. The summed E-state index contributed by atoms with van der Waals surface area (Å²) < 4.78 is 80.9. The smallest absolute Gasteiger partial charge is 0.345 e. The largest absolute Gasteiger partial charge is 0.416 e. The standard InChI is InChI=1S/C32H28F6NOP/c1-22(2)29(39-30(40)23-18-24(31(33,34)35)20-25(19-23)32(36,37)38)21-41(26-12-6-3-7-13-26,27-14-8-4-9-15-27)28-16-10-5-11-17-28/h3-20,22,29H,21H2,1-2H3/p+1/t29-/m1/s1. The molecule has 0 saturated carbocycles. The van der Waals surface area contributed by atoms with Crippen LogP contribution in [-0.4, -0.2) is 18.1 Å².